The molecule has 2 aromatic heterocycles. The predicted molar refractivity (Wildman–Crippen MR) is 224 cm³/mol. The fourth-order valence-electron chi connectivity index (χ4n) is 9.16. The molecule has 250 valence electrons. The fraction of sp³-hybridized carbons (Fsp3) is 0.0588. The number of fused-ring (bicyclic) bond motifs is 9. The van der Waals surface area contributed by atoms with E-state index in [0.717, 1.165) is 11.4 Å². The molecular weight excluding hydrogens is 641 g/mol. The molecule has 1 aliphatic rings. The Morgan fingerprint density at radius 3 is 1.49 bits per heavy atom. The Morgan fingerprint density at radius 2 is 0.811 bits per heavy atom. The van der Waals surface area contributed by atoms with Crippen LogP contribution in [0.15, 0.2) is 182 Å². The molecule has 0 amide bonds. The van der Waals surface area contributed by atoms with E-state index < -0.39 is 0 Å². The highest BCUT2D eigenvalue weighted by atomic mass is 15.0. The van der Waals surface area contributed by atoms with Crippen molar-refractivity contribution in [3.8, 4) is 44.8 Å². The Kier molecular flexibility index (Phi) is 6.33. The quantitative estimate of drug-likeness (QED) is 0.176. The smallest absolute Gasteiger partial charge is 0.0561 e. The number of rotatable bonds is 4. The van der Waals surface area contributed by atoms with Crippen LogP contribution in [0.25, 0.3) is 88.4 Å². The summed E-state index contributed by atoms with van der Waals surface area (Å²) in [6, 6.07) is 67.1. The van der Waals surface area contributed by atoms with Crippen LogP contribution in [0.5, 0.6) is 0 Å². The van der Waals surface area contributed by atoms with Gasteiger partial charge >= 0.3 is 0 Å². The van der Waals surface area contributed by atoms with Gasteiger partial charge in [0.15, 0.2) is 0 Å². The van der Waals surface area contributed by atoms with Crippen LogP contribution < -0.4 is 0 Å². The largest absolute Gasteiger partial charge is 0.309 e. The summed E-state index contributed by atoms with van der Waals surface area (Å²) in [5.74, 6) is 0. The van der Waals surface area contributed by atoms with Gasteiger partial charge in [0.1, 0.15) is 0 Å². The lowest BCUT2D eigenvalue weighted by atomic mass is 9.82. The normalized spacial score (nSPS) is 13.2. The second-order valence-electron chi connectivity index (χ2n) is 15.0. The van der Waals surface area contributed by atoms with Crippen molar-refractivity contribution in [1.82, 2.24) is 9.13 Å². The molecule has 0 spiro atoms. The lowest BCUT2D eigenvalue weighted by molar-refractivity contribution is 0.660. The van der Waals surface area contributed by atoms with Crippen molar-refractivity contribution in [2.24, 2.45) is 0 Å². The van der Waals surface area contributed by atoms with Crippen molar-refractivity contribution in [1.29, 1.82) is 0 Å². The predicted octanol–water partition coefficient (Wildman–Crippen LogP) is 13.5. The van der Waals surface area contributed by atoms with Crippen LogP contribution in [0, 0.1) is 0 Å². The van der Waals surface area contributed by atoms with Crippen molar-refractivity contribution in [2.45, 2.75) is 19.3 Å². The summed E-state index contributed by atoms with van der Waals surface area (Å²) in [5, 5.41) is 5.05. The van der Waals surface area contributed by atoms with E-state index in [2.05, 4.69) is 205 Å². The maximum atomic E-state index is 2.42. The van der Waals surface area contributed by atoms with Crippen LogP contribution in [0.3, 0.4) is 0 Å². The first-order chi connectivity index (χ1) is 26.0. The Bertz CT molecular complexity index is 3030. The molecule has 2 nitrogen and oxygen atoms in total. The van der Waals surface area contributed by atoms with Gasteiger partial charge in [-0.1, -0.05) is 141 Å². The molecule has 0 aliphatic heterocycles. The third-order valence-electron chi connectivity index (χ3n) is 11.7. The molecule has 0 N–H and O–H groups in total. The SMILES string of the molecule is CC1(C)c2ccccc2-c2cc(-c3cccc(-c4ccc(-n5c6ccccc6c6ccc(-n7c8ccccc8c8ccccc87)cc65)cc4)c3)ccc21. The second kappa shape index (κ2) is 11.2. The molecule has 53 heavy (non-hydrogen) atoms. The van der Waals surface area contributed by atoms with E-state index in [1.807, 2.05) is 0 Å². The molecule has 0 radical (unpaired) electrons. The highest BCUT2D eigenvalue weighted by Gasteiger charge is 2.35. The summed E-state index contributed by atoms with van der Waals surface area (Å²) in [5.41, 5.74) is 17.6. The number of nitrogens with zero attached hydrogens (tertiary/aromatic N) is 2. The van der Waals surface area contributed by atoms with E-state index >= 15 is 0 Å². The zero-order valence-electron chi connectivity index (χ0n) is 29.7. The number of para-hydroxylation sites is 3. The second-order valence-corrected chi connectivity index (χ2v) is 15.0. The highest BCUT2D eigenvalue weighted by molar-refractivity contribution is 6.12. The number of hydrogen-bond donors (Lipinski definition) is 0. The maximum absolute atomic E-state index is 2.42. The molecule has 0 bridgehead atoms. The molecule has 1 aliphatic carbocycles. The Balaban J connectivity index is 1.01. The van der Waals surface area contributed by atoms with Gasteiger partial charge in [-0.05, 0) is 99.1 Å². The van der Waals surface area contributed by atoms with E-state index in [-0.39, 0.29) is 5.41 Å². The molecule has 8 aromatic carbocycles. The molecule has 0 saturated carbocycles. The van der Waals surface area contributed by atoms with Gasteiger partial charge < -0.3 is 9.13 Å². The fourth-order valence-corrected chi connectivity index (χ4v) is 9.16. The van der Waals surface area contributed by atoms with E-state index in [1.54, 1.807) is 0 Å². The first-order valence-electron chi connectivity index (χ1n) is 18.5. The minimum Gasteiger partial charge on any atom is -0.309 e. The van der Waals surface area contributed by atoms with Crippen LogP contribution in [-0.4, -0.2) is 9.13 Å². The number of hydrogen-bond acceptors (Lipinski definition) is 0. The average Bonchev–Trinajstić information content (AvgIpc) is 3.81. The highest BCUT2D eigenvalue weighted by Crippen LogP contribution is 2.49. The number of aromatic nitrogens is 2. The summed E-state index contributed by atoms with van der Waals surface area (Å²) in [7, 11) is 0. The summed E-state index contributed by atoms with van der Waals surface area (Å²) in [4.78, 5) is 0. The van der Waals surface area contributed by atoms with Crippen LogP contribution >= 0.6 is 0 Å². The number of benzene rings is 8. The molecule has 0 atom stereocenters. The average molecular weight is 677 g/mol. The third kappa shape index (κ3) is 4.39. The van der Waals surface area contributed by atoms with Crippen molar-refractivity contribution in [2.75, 3.05) is 0 Å². The van der Waals surface area contributed by atoms with Crippen molar-refractivity contribution >= 4 is 43.6 Å². The van der Waals surface area contributed by atoms with Crippen molar-refractivity contribution in [3.63, 3.8) is 0 Å². The van der Waals surface area contributed by atoms with Gasteiger partial charge in [0.25, 0.3) is 0 Å². The third-order valence-corrected chi connectivity index (χ3v) is 11.7. The monoisotopic (exact) mass is 676 g/mol. The van der Waals surface area contributed by atoms with Gasteiger partial charge in [-0.3, -0.25) is 0 Å². The zero-order valence-corrected chi connectivity index (χ0v) is 29.7. The van der Waals surface area contributed by atoms with Crippen molar-refractivity contribution in [3.05, 3.63) is 193 Å². The summed E-state index contributed by atoms with van der Waals surface area (Å²) < 4.78 is 4.83. The first kappa shape index (κ1) is 30.0. The van der Waals surface area contributed by atoms with E-state index in [0.29, 0.717) is 0 Å². The van der Waals surface area contributed by atoms with Crippen molar-refractivity contribution < 1.29 is 0 Å². The van der Waals surface area contributed by atoms with E-state index in [4.69, 9.17) is 0 Å². The van der Waals surface area contributed by atoms with E-state index in [9.17, 15) is 0 Å². The summed E-state index contributed by atoms with van der Waals surface area (Å²) >= 11 is 0. The molecule has 0 fully saturated rings. The first-order valence-corrected chi connectivity index (χ1v) is 18.5. The summed E-state index contributed by atoms with van der Waals surface area (Å²) in [6.45, 7) is 4.68. The topological polar surface area (TPSA) is 9.86 Å². The summed E-state index contributed by atoms with van der Waals surface area (Å²) in [6.07, 6.45) is 0. The zero-order chi connectivity index (χ0) is 35.3. The van der Waals surface area contributed by atoms with Gasteiger partial charge in [0.2, 0.25) is 0 Å². The van der Waals surface area contributed by atoms with E-state index in [1.165, 1.54) is 88.1 Å². The molecular formula is C51H36N2. The lowest BCUT2D eigenvalue weighted by Gasteiger charge is -2.21. The van der Waals surface area contributed by atoms with Crippen LogP contribution in [-0.2, 0) is 5.41 Å². The standard InChI is InChI=1S/C51H36N2/c1-51(2)45-18-7-3-14-39(45)44-31-36(24-29-46(44)51)35-13-11-12-34(30-35)33-22-25-37(26-23-33)52-47-19-8-6-17-42(47)43-28-27-38(32-50(43)52)53-48-20-9-4-15-40(48)41-16-5-10-21-49(41)53/h3-32H,1-2H3. The molecule has 10 aromatic rings. The minimum absolute atomic E-state index is 0.0109. The van der Waals surface area contributed by atoms with Gasteiger partial charge in [-0.15, -0.1) is 0 Å². The molecule has 11 rings (SSSR count). The Hall–Kier alpha value is -6.64. The van der Waals surface area contributed by atoms with Gasteiger partial charge in [0, 0.05) is 38.3 Å². The maximum Gasteiger partial charge on any atom is 0.0561 e. The van der Waals surface area contributed by atoms with Crippen LogP contribution in [0.1, 0.15) is 25.0 Å². The van der Waals surface area contributed by atoms with Gasteiger partial charge in [-0.25, -0.2) is 0 Å². The van der Waals surface area contributed by atoms with Crippen LogP contribution in [0.2, 0.25) is 0 Å². The minimum atomic E-state index is 0.0109. The Morgan fingerprint density at radius 1 is 0.321 bits per heavy atom. The van der Waals surface area contributed by atoms with Crippen LogP contribution in [0.4, 0.5) is 0 Å². The molecule has 2 heteroatoms. The van der Waals surface area contributed by atoms with Gasteiger partial charge in [0.05, 0.1) is 22.1 Å². The molecule has 0 saturated heterocycles. The Labute approximate surface area is 308 Å². The molecule has 2 heterocycles. The lowest BCUT2D eigenvalue weighted by Crippen LogP contribution is -2.14. The molecule has 0 unspecified atom stereocenters. The van der Waals surface area contributed by atoms with Gasteiger partial charge in [-0.2, -0.15) is 0 Å².